The molecule has 2 aromatic carbocycles. The number of para-hydroxylation sites is 1. The van der Waals surface area contributed by atoms with Crippen LogP contribution in [0.3, 0.4) is 0 Å². The van der Waals surface area contributed by atoms with Gasteiger partial charge in [0, 0.05) is 25.3 Å². The van der Waals surface area contributed by atoms with Gasteiger partial charge < -0.3 is 15.0 Å². The van der Waals surface area contributed by atoms with Crippen molar-refractivity contribution < 1.29 is 22.7 Å². The SMILES string of the molecule is CC[C@H]1Oc2cc(S(=O)(=O)N(C)CC(=O)N(CC)c3ccccc3)c(C)cc2NC1=O. The summed E-state index contributed by atoms with van der Waals surface area (Å²) < 4.78 is 33.2. The lowest BCUT2D eigenvalue weighted by atomic mass is 10.1. The first-order valence-corrected chi connectivity index (χ1v) is 11.6. The van der Waals surface area contributed by atoms with Gasteiger partial charge in [-0.15, -0.1) is 0 Å². The summed E-state index contributed by atoms with van der Waals surface area (Å²) in [6.45, 7) is 5.40. The van der Waals surface area contributed by atoms with Crippen LogP contribution in [0.2, 0.25) is 0 Å². The van der Waals surface area contributed by atoms with Crippen LogP contribution >= 0.6 is 0 Å². The Morgan fingerprint density at radius 2 is 1.84 bits per heavy atom. The van der Waals surface area contributed by atoms with E-state index in [1.807, 2.05) is 32.0 Å². The van der Waals surface area contributed by atoms with Crippen LogP contribution in [0.1, 0.15) is 25.8 Å². The van der Waals surface area contributed by atoms with Crippen LogP contribution < -0.4 is 15.0 Å². The van der Waals surface area contributed by atoms with Crippen LogP contribution in [0, 0.1) is 6.92 Å². The maximum atomic E-state index is 13.2. The molecular weight excluding hydrogens is 418 g/mol. The molecule has 1 heterocycles. The van der Waals surface area contributed by atoms with Crippen molar-refractivity contribution in [2.45, 2.75) is 38.2 Å². The second-order valence-electron chi connectivity index (χ2n) is 7.35. The van der Waals surface area contributed by atoms with Gasteiger partial charge in [-0.3, -0.25) is 9.59 Å². The third-order valence-electron chi connectivity index (χ3n) is 5.20. The zero-order chi connectivity index (χ0) is 22.8. The second-order valence-corrected chi connectivity index (χ2v) is 9.37. The van der Waals surface area contributed by atoms with Crippen molar-refractivity contribution in [3.8, 4) is 5.75 Å². The van der Waals surface area contributed by atoms with Crippen molar-refractivity contribution in [2.24, 2.45) is 0 Å². The van der Waals surface area contributed by atoms with Gasteiger partial charge in [-0.05, 0) is 44.0 Å². The first-order chi connectivity index (χ1) is 14.7. The van der Waals surface area contributed by atoms with Crippen molar-refractivity contribution in [1.29, 1.82) is 0 Å². The molecule has 0 saturated carbocycles. The molecule has 1 N–H and O–H groups in total. The first kappa shape index (κ1) is 22.8. The molecule has 9 heteroatoms. The van der Waals surface area contributed by atoms with Crippen molar-refractivity contribution in [1.82, 2.24) is 4.31 Å². The highest BCUT2D eigenvalue weighted by molar-refractivity contribution is 7.89. The van der Waals surface area contributed by atoms with Crippen LogP contribution in [-0.2, 0) is 19.6 Å². The van der Waals surface area contributed by atoms with E-state index in [9.17, 15) is 18.0 Å². The fraction of sp³-hybridized carbons (Fsp3) is 0.364. The third-order valence-corrected chi connectivity index (χ3v) is 7.14. The molecule has 2 aromatic rings. The standard InChI is InChI=1S/C22H27N3O5S/c1-5-18-22(27)23-17-12-15(3)20(13-19(17)30-18)31(28,29)24(4)14-21(26)25(6-2)16-10-8-7-9-11-16/h7-13,18H,5-6,14H2,1-4H3,(H,23,27)/t18-/m1/s1. The summed E-state index contributed by atoms with van der Waals surface area (Å²) in [5, 5.41) is 2.75. The molecule has 0 spiro atoms. The number of benzene rings is 2. The van der Waals surface area contributed by atoms with Crippen LogP contribution in [0.4, 0.5) is 11.4 Å². The van der Waals surface area contributed by atoms with Crippen LogP contribution in [-0.4, -0.2) is 50.8 Å². The van der Waals surface area contributed by atoms with Gasteiger partial charge in [0.05, 0.1) is 17.1 Å². The molecule has 1 aliphatic rings. The molecule has 0 bridgehead atoms. The summed E-state index contributed by atoms with van der Waals surface area (Å²) in [5.41, 5.74) is 1.60. The number of fused-ring (bicyclic) bond motifs is 1. The smallest absolute Gasteiger partial charge is 0.265 e. The van der Waals surface area contributed by atoms with E-state index >= 15 is 0 Å². The molecular formula is C22H27N3O5S. The Morgan fingerprint density at radius 3 is 2.45 bits per heavy atom. The molecule has 166 valence electrons. The minimum atomic E-state index is -3.97. The number of aryl methyl sites for hydroxylation is 1. The number of carbonyl (C=O) groups excluding carboxylic acids is 2. The lowest BCUT2D eigenvalue weighted by Gasteiger charge is -2.27. The average molecular weight is 446 g/mol. The van der Waals surface area contributed by atoms with Crippen molar-refractivity contribution in [2.75, 3.05) is 30.4 Å². The van der Waals surface area contributed by atoms with E-state index in [-0.39, 0.29) is 23.3 Å². The van der Waals surface area contributed by atoms with E-state index in [0.29, 0.717) is 35.7 Å². The zero-order valence-corrected chi connectivity index (χ0v) is 18.9. The van der Waals surface area contributed by atoms with Gasteiger partial charge in [0.2, 0.25) is 15.9 Å². The molecule has 3 rings (SSSR count). The second kappa shape index (κ2) is 9.07. The highest BCUT2D eigenvalue weighted by Gasteiger charge is 2.31. The molecule has 8 nitrogen and oxygen atoms in total. The average Bonchev–Trinajstić information content (AvgIpc) is 2.74. The predicted octanol–water partition coefficient (Wildman–Crippen LogP) is 2.78. The quantitative estimate of drug-likeness (QED) is 0.707. The van der Waals surface area contributed by atoms with Crippen molar-refractivity contribution in [3.63, 3.8) is 0 Å². The Labute approximate surface area is 182 Å². The summed E-state index contributed by atoms with van der Waals surface area (Å²) in [6.07, 6.45) is -0.212. The monoisotopic (exact) mass is 445 g/mol. The van der Waals surface area contributed by atoms with Gasteiger partial charge in [0.1, 0.15) is 5.75 Å². The summed E-state index contributed by atoms with van der Waals surface area (Å²) in [4.78, 5) is 26.4. The number of nitrogens with zero attached hydrogens (tertiary/aromatic N) is 2. The minimum absolute atomic E-state index is 0.0373. The summed E-state index contributed by atoms with van der Waals surface area (Å²) >= 11 is 0. The van der Waals surface area contributed by atoms with E-state index in [2.05, 4.69) is 5.32 Å². The maximum absolute atomic E-state index is 13.2. The minimum Gasteiger partial charge on any atom is -0.478 e. The molecule has 0 unspecified atom stereocenters. The fourth-order valence-corrected chi connectivity index (χ4v) is 4.81. The number of amides is 2. The van der Waals surface area contributed by atoms with E-state index in [4.69, 9.17) is 4.74 Å². The molecule has 1 aliphatic heterocycles. The number of likely N-dealkylation sites (N-methyl/N-ethyl adjacent to an activating group) is 2. The number of rotatable bonds is 7. The van der Waals surface area contributed by atoms with Crippen molar-refractivity contribution in [3.05, 3.63) is 48.0 Å². The van der Waals surface area contributed by atoms with Gasteiger partial charge in [-0.2, -0.15) is 4.31 Å². The summed E-state index contributed by atoms with van der Waals surface area (Å²) in [5.74, 6) is -0.284. The van der Waals surface area contributed by atoms with Crippen LogP contribution in [0.15, 0.2) is 47.4 Å². The van der Waals surface area contributed by atoms with E-state index in [1.165, 1.54) is 18.0 Å². The van der Waals surface area contributed by atoms with Gasteiger partial charge in [-0.1, -0.05) is 25.1 Å². The van der Waals surface area contributed by atoms with Gasteiger partial charge >= 0.3 is 0 Å². The lowest BCUT2D eigenvalue weighted by molar-refractivity contribution is -0.123. The number of sulfonamides is 1. The molecule has 0 aromatic heterocycles. The zero-order valence-electron chi connectivity index (χ0n) is 18.1. The highest BCUT2D eigenvalue weighted by Crippen LogP contribution is 2.35. The third kappa shape index (κ3) is 4.57. The van der Waals surface area contributed by atoms with E-state index in [0.717, 1.165) is 4.31 Å². The molecule has 0 fully saturated rings. The normalized spacial score (nSPS) is 15.8. The summed E-state index contributed by atoms with van der Waals surface area (Å²) in [6, 6.07) is 12.1. The number of ether oxygens (including phenoxy) is 1. The highest BCUT2D eigenvalue weighted by atomic mass is 32.2. The summed E-state index contributed by atoms with van der Waals surface area (Å²) in [7, 11) is -2.59. The van der Waals surface area contributed by atoms with E-state index in [1.54, 1.807) is 25.1 Å². The van der Waals surface area contributed by atoms with Crippen LogP contribution in [0.25, 0.3) is 0 Å². The molecule has 0 aliphatic carbocycles. The first-order valence-electron chi connectivity index (χ1n) is 10.1. The molecule has 0 saturated heterocycles. The number of nitrogens with one attached hydrogen (secondary N) is 1. The Hall–Kier alpha value is -2.91. The number of carbonyl (C=O) groups is 2. The van der Waals surface area contributed by atoms with Gasteiger partial charge in [0.15, 0.2) is 6.10 Å². The maximum Gasteiger partial charge on any atom is 0.265 e. The van der Waals surface area contributed by atoms with Gasteiger partial charge in [0.25, 0.3) is 5.91 Å². The number of anilines is 2. The van der Waals surface area contributed by atoms with E-state index < -0.39 is 16.1 Å². The van der Waals surface area contributed by atoms with Gasteiger partial charge in [-0.25, -0.2) is 8.42 Å². The predicted molar refractivity (Wildman–Crippen MR) is 119 cm³/mol. The molecule has 31 heavy (non-hydrogen) atoms. The fourth-order valence-electron chi connectivity index (χ4n) is 3.47. The molecule has 2 amide bonds. The largest absolute Gasteiger partial charge is 0.478 e. The number of hydrogen-bond donors (Lipinski definition) is 1. The lowest BCUT2D eigenvalue weighted by Crippen LogP contribution is -2.41. The molecule has 0 radical (unpaired) electrons. The number of hydrogen-bond acceptors (Lipinski definition) is 5. The Balaban J connectivity index is 1.86. The molecule has 1 atom stereocenters. The van der Waals surface area contributed by atoms with Crippen molar-refractivity contribution >= 4 is 33.2 Å². The Kier molecular flexibility index (Phi) is 6.66. The topological polar surface area (TPSA) is 96.0 Å². The van der Waals surface area contributed by atoms with Crippen LogP contribution in [0.5, 0.6) is 5.75 Å². The Bertz CT molecular complexity index is 1090. The Morgan fingerprint density at radius 1 is 1.16 bits per heavy atom.